The van der Waals surface area contributed by atoms with E-state index < -0.39 is 11.6 Å². The van der Waals surface area contributed by atoms with Gasteiger partial charge in [-0.1, -0.05) is 89.5 Å². The molecule has 154 valence electrons. The molecule has 2 aliphatic rings. The number of benzene rings is 3. The number of carbonyl (C=O) groups excluding carboxylic acids is 2. The van der Waals surface area contributed by atoms with Crippen molar-refractivity contribution in [1.82, 2.24) is 10.6 Å². The van der Waals surface area contributed by atoms with Gasteiger partial charge in [0, 0.05) is 0 Å². The summed E-state index contributed by atoms with van der Waals surface area (Å²) in [4.78, 5) is 26.8. The fourth-order valence-corrected chi connectivity index (χ4v) is 4.75. The lowest BCUT2D eigenvalue weighted by molar-refractivity contribution is -0.119. The van der Waals surface area contributed by atoms with Gasteiger partial charge in [-0.3, -0.25) is 9.59 Å². The van der Waals surface area contributed by atoms with Gasteiger partial charge in [-0.2, -0.15) is 0 Å². The highest BCUT2D eigenvalue weighted by Crippen LogP contribution is 2.48. The van der Waals surface area contributed by atoms with Crippen LogP contribution in [-0.2, 0) is 15.1 Å². The maximum Gasteiger partial charge on any atom is 0.251 e. The second-order valence-corrected chi connectivity index (χ2v) is 8.55. The molecule has 2 aliphatic heterocycles. The molecule has 3 aromatic rings. The van der Waals surface area contributed by atoms with Gasteiger partial charge in [-0.15, -0.1) is 0 Å². The first kappa shape index (κ1) is 19.3. The van der Waals surface area contributed by atoms with Gasteiger partial charge in [0.25, 0.3) is 11.8 Å². The highest BCUT2D eigenvalue weighted by molar-refractivity contribution is 6.15. The van der Waals surface area contributed by atoms with Crippen molar-refractivity contribution in [2.75, 3.05) is 0 Å². The Hall–Kier alpha value is -3.66. The molecular formula is C27H24N2O2. The summed E-state index contributed by atoms with van der Waals surface area (Å²) in [5.74, 6) is -0.415. The molecule has 0 radical (unpaired) electrons. The maximum absolute atomic E-state index is 13.4. The first-order valence-electron chi connectivity index (χ1n) is 10.5. The number of hydrogen-bond acceptors (Lipinski definition) is 2. The molecule has 0 fully saturated rings. The Balaban J connectivity index is 1.77. The van der Waals surface area contributed by atoms with Crippen LogP contribution in [0.1, 0.15) is 39.4 Å². The summed E-state index contributed by atoms with van der Waals surface area (Å²) in [6.07, 6.45) is 0. The Morgan fingerprint density at radius 1 is 0.710 bits per heavy atom. The molecule has 2 atom stereocenters. The number of amides is 2. The van der Waals surface area contributed by atoms with E-state index in [0.717, 1.165) is 33.4 Å². The van der Waals surface area contributed by atoms with E-state index in [2.05, 4.69) is 10.6 Å². The van der Waals surface area contributed by atoms with Crippen molar-refractivity contribution < 1.29 is 9.59 Å². The number of rotatable bonds is 3. The zero-order valence-electron chi connectivity index (χ0n) is 17.8. The normalized spacial score (nSPS) is 22.4. The molecule has 31 heavy (non-hydrogen) atoms. The van der Waals surface area contributed by atoms with Gasteiger partial charge in [0.05, 0.1) is 17.2 Å². The van der Waals surface area contributed by atoms with E-state index in [4.69, 9.17) is 0 Å². The predicted molar refractivity (Wildman–Crippen MR) is 120 cm³/mol. The standard InChI is InChI=1S/C27H24N2O2/c1-16-7-11-19(12-8-16)24-22-23(26(31)28-24)27(29-25(22)30,20-13-9-17(2)10-14-20)21-6-4-5-18(3)15-21/h4-15,24H,1-3H3,(H,28,31)(H,29,30). The Labute approximate surface area is 182 Å². The number of hydrogen-bond donors (Lipinski definition) is 2. The largest absolute Gasteiger partial charge is 0.341 e. The molecule has 3 aromatic carbocycles. The maximum atomic E-state index is 13.4. The summed E-state index contributed by atoms with van der Waals surface area (Å²) >= 11 is 0. The van der Waals surface area contributed by atoms with E-state index in [0.29, 0.717) is 11.1 Å². The minimum Gasteiger partial charge on any atom is -0.341 e. The number of nitrogens with one attached hydrogen (secondary N) is 2. The minimum atomic E-state index is -1.02. The molecule has 0 saturated carbocycles. The minimum absolute atomic E-state index is 0.207. The SMILES string of the molecule is Cc1ccc(C2NC(=O)C3=C2C(=O)NC3(c2ccc(C)cc2)c2cccc(C)c2)cc1. The van der Waals surface area contributed by atoms with Crippen LogP contribution in [0.4, 0.5) is 0 Å². The van der Waals surface area contributed by atoms with Crippen LogP contribution in [0.5, 0.6) is 0 Å². The van der Waals surface area contributed by atoms with Crippen molar-refractivity contribution in [2.45, 2.75) is 32.4 Å². The molecule has 2 heterocycles. The van der Waals surface area contributed by atoms with Gasteiger partial charge in [-0.05, 0) is 37.5 Å². The highest BCUT2D eigenvalue weighted by Gasteiger charge is 2.55. The summed E-state index contributed by atoms with van der Waals surface area (Å²) in [7, 11) is 0. The van der Waals surface area contributed by atoms with Gasteiger partial charge < -0.3 is 10.6 Å². The number of carbonyl (C=O) groups is 2. The van der Waals surface area contributed by atoms with Gasteiger partial charge in [0.2, 0.25) is 0 Å². The van der Waals surface area contributed by atoms with Crippen LogP contribution in [0, 0.1) is 20.8 Å². The van der Waals surface area contributed by atoms with Crippen LogP contribution in [0.15, 0.2) is 83.9 Å². The topological polar surface area (TPSA) is 58.2 Å². The van der Waals surface area contributed by atoms with Crippen LogP contribution in [-0.4, -0.2) is 11.8 Å². The van der Waals surface area contributed by atoms with Crippen LogP contribution >= 0.6 is 0 Å². The average molecular weight is 409 g/mol. The summed E-state index contributed by atoms with van der Waals surface area (Å²) in [5.41, 5.74) is 5.98. The van der Waals surface area contributed by atoms with Crippen molar-refractivity contribution in [3.63, 3.8) is 0 Å². The van der Waals surface area contributed by atoms with E-state index >= 15 is 0 Å². The van der Waals surface area contributed by atoms with Gasteiger partial charge in [0.15, 0.2) is 0 Å². The molecule has 4 nitrogen and oxygen atoms in total. The van der Waals surface area contributed by atoms with E-state index in [1.54, 1.807) is 0 Å². The lowest BCUT2D eigenvalue weighted by atomic mass is 9.76. The molecule has 2 N–H and O–H groups in total. The van der Waals surface area contributed by atoms with E-state index in [1.165, 1.54) is 0 Å². The zero-order chi connectivity index (χ0) is 21.8. The average Bonchev–Trinajstić information content (AvgIpc) is 3.26. The Morgan fingerprint density at radius 2 is 1.35 bits per heavy atom. The third kappa shape index (κ3) is 2.90. The van der Waals surface area contributed by atoms with Crippen molar-refractivity contribution in [3.05, 3.63) is 117 Å². The first-order chi connectivity index (χ1) is 14.9. The van der Waals surface area contributed by atoms with Crippen molar-refractivity contribution in [2.24, 2.45) is 0 Å². The Morgan fingerprint density at radius 3 is 2.00 bits per heavy atom. The van der Waals surface area contributed by atoms with E-state index in [9.17, 15) is 9.59 Å². The molecule has 0 aromatic heterocycles. The summed E-state index contributed by atoms with van der Waals surface area (Å²) in [6.45, 7) is 6.06. The second kappa shape index (κ2) is 6.95. The van der Waals surface area contributed by atoms with Crippen molar-refractivity contribution >= 4 is 11.8 Å². The molecule has 5 rings (SSSR count). The predicted octanol–water partition coefficient (Wildman–Crippen LogP) is 4.15. The van der Waals surface area contributed by atoms with Crippen LogP contribution < -0.4 is 10.6 Å². The highest BCUT2D eigenvalue weighted by atomic mass is 16.2. The third-order valence-electron chi connectivity index (χ3n) is 6.33. The second-order valence-electron chi connectivity index (χ2n) is 8.55. The van der Waals surface area contributed by atoms with Crippen molar-refractivity contribution in [1.29, 1.82) is 0 Å². The first-order valence-corrected chi connectivity index (χ1v) is 10.5. The van der Waals surface area contributed by atoms with Crippen LogP contribution in [0.25, 0.3) is 0 Å². The fourth-order valence-electron chi connectivity index (χ4n) is 4.75. The lowest BCUT2D eigenvalue weighted by Crippen LogP contribution is -2.47. The van der Waals surface area contributed by atoms with Crippen molar-refractivity contribution in [3.8, 4) is 0 Å². The lowest BCUT2D eigenvalue weighted by Gasteiger charge is -2.33. The monoisotopic (exact) mass is 408 g/mol. The van der Waals surface area contributed by atoms with E-state index in [1.807, 2.05) is 93.6 Å². The molecule has 2 unspecified atom stereocenters. The summed E-state index contributed by atoms with van der Waals surface area (Å²) < 4.78 is 0. The van der Waals surface area contributed by atoms with Gasteiger partial charge in [-0.25, -0.2) is 0 Å². The Kier molecular flexibility index (Phi) is 4.33. The molecule has 0 saturated heterocycles. The summed E-state index contributed by atoms with van der Waals surface area (Å²) in [6, 6.07) is 23.5. The smallest absolute Gasteiger partial charge is 0.251 e. The number of aryl methyl sites for hydroxylation is 3. The molecule has 0 bridgehead atoms. The molecule has 0 aliphatic carbocycles. The summed E-state index contributed by atoms with van der Waals surface area (Å²) in [5, 5.41) is 6.28. The molecular weight excluding hydrogens is 384 g/mol. The Bertz CT molecular complexity index is 1240. The van der Waals surface area contributed by atoms with Gasteiger partial charge >= 0.3 is 0 Å². The fraction of sp³-hybridized carbons (Fsp3) is 0.185. The molecule has 2 amide bonds. The quantitative estimate of drug-likeness (QED) is 0.684. The van der Waals surface area contributed by atoms with Crippen LogP contribution in [0.3, 0.4) is 0 Å². The third-order valence-corrected chi connectivity index (χ3v) is 6.33. The van der Waals surface area contributed by atoms with E-state index in [-0.39, 0.29) is 11.8 Å². The van der Waals surface area contributed by atoms with Crippen LogP contribution in [0.2, 0.25) is 0 Å². The van der Waals surface area contributed by atoms with Gasteiger partial charge in [0.1, 0.15) is 5.54 Å². The zero-order valence-corrected chi connectivity index (χ0v) is 17.8. The molecule has 4 heteroatoms. The molecule has 0 spiro atoms.